The Morgan fingerprint density at radius 2 is 0.677 bits per heavy atom. The van der Waals surface area contributed by atoms with Crippen LogP contribution >= 0.6 is 0 Å². The number of unbranched alkanes of at least 4 members (excludes halogenated alkanes) is 32. The molecule has 0 aromatic rings. The van der Waals surface area contributed by atoms with E-state index in [1.165, 1.54) is 193 Å². The second kappa shape index (κ2) is 55.9. The minimum Gasteiger partial charge on any atom is -0.394 e. The van der Waals surface area contributed by atoms with Crippen LogP contribution in [0.4, 0.5) is 0 Å². The van der Waals surface area contributed by atoms with Crippen LogP contribution in [0.3, 0.4) is 0 Å². The number of hydrogen-bond acceptors (Lipinski definition) is 3. The molecule has 1 amide bonds. The Morgan fingerprint density at radius 1 is 0.385 bits per heavy atom. The van der Waals surface area contributed by atoms with E-state index in [1.807, 2.05) is 6.08 Å². The molecule has 0 rings (SSSR count). The van der Waals surface area contributed by atoms with E-state index in [-0.39, 0.29) is 12.5 Å². The standard InChI is InChI=1S/C61H109NO3/c1-3-5-7-9-11-13-15-17-19-21-23-25-27-29-30-31-32-33-35-37-39-41-43-45-47-49-51-53-55-57-61(65)62-59(58-63)60(64)56-54-52-50-48-46-44-42-40-38-36-34-28-26-24-22-20-18-16-14-12-10-8-6-4-2/h5,7,11,13,17,19,23,25,29-30,32-33,54,56,59-60,63-64H,3-4,6,8-10,12,14-16,18,20-22,24,26-28,31,34-53,55,57-58H2,1-2H3,(H,62,65)/b7-5-,13-11-,19-17-,25-23-,30-29-,33-32-,56-54+. The van der Waals surface area contributed by atoms with Gasteiger partial charge in [-0.2, -0.15) is 0 Å². The Morgan fingerprint density at radius 3 is 1.02 bits per heavy atom. The number of carbonyl (C=O) groups is 1. The number of nitrogens with one attached hydrogen (secondary N) is 1. The van der Waals surface area contributed by atoms with Gasteiger partial charge < -0.3 is 15.5 Å². The Hall–Kier alpha value is -2.43. The number of carbonyl (C=O) groups excluding carboxylic acids is 1. The summed E-state index contributed by atoms with van der Waals surface area (Å²) in [7, 11) is 0. The van der Waals surface area contributed by atoms with Crippen molar-refractivity contribution in [2.24, 2.45) is 0 Å². The molecule has 0 aromatic carbocycles. The topological polar surface area (TPSA) is 69.6 Å². The summed E-state index contributed by atoms with van der Waals surface area (Å²) in [6, 6.07) is -0.631. The molecule has 0 heterocycles. The monoisotopic (exact) mass is 904 g/mol. The second-order valence-corrected chi connectivity index (χ2v) is 19.0. The first-order chi connectivity index (χ1) is 32.2. The van der Waals surface area contributed by atoms with E-state index in [2.05, 4.69) is 92.1 Å². The van der Waals surface area contributed by atoms with E-state index >= 15 is 0 Å². The molecule has 0 bridgehead atoms. The Labute approximate surface area is 405 Å². The first kappa shape index (κ1) is 62.6. The molecule has 0 spiro atoms. The van der Waals surface area contributed by atoms with E-state index in [0.29, 0.717) is 6.42 Å². The highest BCUT2D eigenvalue weighted by atomic mass is 16.3. The highest BCUT2D eigenvalue weighted by Gasteiger charge is 2.18. The maximum absolute atomic E-state index is 12.5. The van der Waals surface area contributed by atoms with Gasteiger partial charge in [-0.1, -0.05) is 285 Å². The van der Waals surface area contributed by atoms with E-state index in [9.17, 15) is 15.0 Å². The van der Waals surface area contributed by atoms with Gasteiger partial charge in [0.25, 0.3) is 0 Å². The predicted molar refractivity (Wildman–Crippen MR) is 290 cm³/mol. The summed E-state index contributed by atoms with van der Waals surface area (Å²) in [6.45, 7) is 4.21. The molecule has 0 saturated carbocycles. The van der Waals surface area contributed by atoms with Gasteiger partial charge in [0.05, 0.1) is 18.8 Å². The SMILES string of the molecule is CC/C=C\C/C=C\C/C=C\C/C=C\C/C=C\C/C=C\CCCCCCCCCCCCC(=O)NC(CO)C(O)/C=C/CCCCCCCCCCCCCCCCCCCCCCCC. The molecule has 0 radical (unpaired) electrons. The normalized spacial score (nSPS) is 13.5. The molecular formula is C61H109NO3. The van der Waals surface area contributed by atoms with Crippen LogP contribution < -0.4 is 5.32 Å². The van der Waals surface area contributed by atoms with Crippen LogP contribution in [0.5, 0.6) is 0 Å². The smallest absolute Gasteiger partial charge is 0.220 e. The van der Waals surface area contributed by atoms with Crippen molar-refractivity contribution in [2.45, 2.75) is 289 Å². The number of rotatable bonds is 51. The molecule has 376 valence electrons. The summed E-state index contributed by atoms with van der Waals surface area (Å²) in [5.74, 6) is -0.0693. The van der Waals surface area contributed by atoms with Crippen LogP contribution in [0, 0.1) is 0 Å². The minimum atomic E-state index is -0.847. The van der Waals surface area contributed by atoms with E-state index in [4.69, 9.17) is 0 Å². The molecule has 3 N–H and O–H groups in total. The van der Waals surface area contributed by atoms with Crippen molar-refractivity contribution in [1.29, 1.82) is 0 Å². The van der Waals surface area contributed by atoms with Crippen molar-refractivity contribution in [3.8, 4) is 0 Å². The number of aliphatic hydroxyl groups is 2. The van der Waals surface area contributed by atoms with Gasteiger partial charge in [-0.25, -0.2) is 0 Å². The molecule has 2 atom stereocenters. The van der Waals surface area contributed by atoms with Gasteiger partial charge in [-0.05, 0) is 70.6 Å². The maximum Gasteiger partial charge on any atom is 0.220 e. The van der Waals surface area contributed by atoms with Crippen molar-refractivity contribution >= 4 is 5.91 Å². The van der Waals surface area contributed by atoms with Crippen molar-refractivity contribution in [3.05, 3.63) is 85.1 Å². The Bertz CT molecular complexity index is 1160. The lowest BCUT2D eigenvalue weighted by Crippen LogP contribution is -2.45. The third-order valence-corrected chi connectivity index (χ3v) is 12.6. The van der Waals surface area contributed by atoms with Crippen LogP contribution in [0.25, 0.3) is 0 Å². The number of aliphatic hydroxyl groups excluding tert-OH is 2. The zero-order valence-electron chi connectivity index (χ0n) is 43.2. The maximum atomic E-state index is 12.5. The molecular weight excluding hydrogens is 795 g/mol. The lowest BCUT2D eigenvalue weighted by molar-refractivity contribution is -0.123. The van der Waals surface area contributed by atoms with Gasteiger partial charge in [-0.3, -0.25) is 4.79 Å². The lowest BCUT2D eigenvalue weighted by Gasteiger charge is -2.20. The van der Waals surface area contributed by atoms with E-state index < -0.39 is 12.1 Å². The number of allylic oxidation sites excluding steroid dienone is 13. The summed E-state index contributed by atoms with van der Waals surface area (Å²) in [6.07, 6.45) is 81.6. The second-order valence-electron chi connectivity index (χ2n) is 19.0. The van der Waals surface area contributed by atoms with Crippen molar-refractivity contribution in [3.63, 3.8) is 0 Å². The van der Waals surface area contributed by atoms with E-state index in [0.717, 1.165) is 64.2 Å². The minimum absolute atomic E-state index is 0.0693. The number of amides is 1. The molecule has 0 fully saturated rings. The fourth-order valence-corrected chi connectivity index (χ4v) is 8.36. The first-order valence-corrected chi connectivity index (χ1v) is 28.3. The molecule has 0 aliphatic heterocycles. The average molecular weight is 905 g/mol. The van der Waals surface area contributed by atoms with E-state index in [1.54, 1.807) is 6.08 Å². The largest absolute Gasteiger partial charge is 0.394 e. The molecule has 0 aliphatic rings. The molecule has 0 aliphatic carbocycles. The third kappa shape index (κ3) is 52.4. The first-order valence-electron chi connectivity index (χ1n) is 28.3. The molecule has 0 saturated heterocycles. The summed E-state index contributed by atoms with van der Waals surface area (Å²) in [5.41, 5.74) is 0. The van der Waals surface area contributed by atoms with Gasteiger partial charge >= 0.3 is 0 Å². The molecule has 4 nitrogen and oxygen atoms in total. The Balaban J connectivity index is 3.55. The van der Waals surface area contributed by atoms with Crippen LogP contribution in [-0.2, 0) is 4.79 Å². The van der Waals surface area contributed by atoms with Gasteiger partial charge in [0.15, 0.2) is 0 Å². The highest BCUT2D eigenvalue weighted by molar-refractivity contribution is 5.76. The van der Waals surface area contributed by atoms with Gasteiger partial charge in [0.1, 0.15) is 0 Å². The average Bonchev–Trinajstić information content (AvgIpc) is 3.31. The number of hydrogen-bond donors (Lipinski definition) is 3. The highest BCUT2D eigenvalue weighted by Crippen LogP contribution is 2.16. The fraction of sp³-hybridized carbons (Fsp3) is 0.754. The molecule has 65 heavy (non-hydrogen) atoms. The zero-order valence-corrected chi connectivity index (χ0v) is 43.2. The molecule has 0 aromatic heterocycles. The fourth-order valence-electron chi connectivity index (χ4n) is 8.36. The van der Waals surface area contributed by atoms with Gasteiger partial charge in [0, 0.05) is 6.42 Å². The van der Waals surface area contributed by atoms with Crippen molar-refractivity contribution in [2.75, 3.05) is 6.61 Å². The third-order valence-electron chi connectivity index (χ3n) is 12.6. The molecule has 4 heteroatoms. The summed E-state index contributed by atoms with van der Waals surface area (Å²) >= 11 is 0. The van der Waals surface area contributed by atoms with Crippen molar-refractivity contribution < 1.29 is 15.0 Å². The predicted octanol–water partition coefficient (Wildman–Crippen LogP) is 18.8. The zero-order chi connectivity index (χ0) is 47.0. The van der Waals surface area contributed by atoms with Gasteiger partial charge in [-0.15, -0.1) is 0 Å². The van der Waals surface area contributed by atoms with Gasteiger partial charge in [0.2, 0.25) is 5.91 Å². The quantitative estimate of drug-likeness (QED) is 0.0421. The summed E-state index contributed by atoms with van der Waals surface area (Å²) in [4.78, 5) is 12.5. The Kier molecular flexibility index (Phi) is 53.8. The molecule has 2 unspecified atom stereocenters. The van der Waals surface area contributed by atoms with Crippen molar-refractivity contribution in [1.82, 2.24) is 5.32 Å². The summed E-state index contributed by atoms with van der Waals surface area (Å²) in [5, 5.41) is 23.2. The van der Waals surface area contributed by atoms with Crippen LogP contribution in [0.1, 0.15) is 277 Å². The van der Waals surface area contributed by atoms with Crippen LogP contribution in [-0.4, -0.2) is 34.9 Å². The summed E-state index contributed by atoms with van der Waals surface area (Å²) < 4.78 is 0. The van der Waals surface area contributed by atoms with Crippen LogP contribution in [0.2, 0.25) is 0 Å². The lowest BCUT2D eigenvalue weighted by atomic mass is 10.0. The van der Waals surface area contributed by atoms with Crippen LogP contribution in [0.15, 0.2) is 85.1 Å².